The van der Waals surface area contributed by atoms with Crippen LogP contribution in [0.2, 0.25) is 0 Å². The zero-order chi connectivity index (χ0) is 16.9. The van der Waals surface area contributed by atoms with Crippen LogP contribution in [0, 0.1) is 13.8 Å². The molecular formula is C20H22N2O2. The minimum Gasteiger partial charge on any atom is -0.483 e. The molecule has 0 fully saturated rings. The van der Waals surface area contributed by atoms with Gasteiger partial charge in [0.05, 0.1) is 0 Å². The fourth-order valence-electron chi connectivity index (χ4n) is 2.67. The van der Waals surface area contributed by atoms with Gasteiger partial charge in [0.2, 0.25) is 0 Å². The molecule has 24 heavy (non-hydrogen) atoms. The van der Waals surface area contributed by atoms with E-state index >= 15 is 0 Å². The minimum atomic E-state index is -0.100. The first-order chi connectivity index (χ1) is 11.6. The van der Waals surface area contributed by atoms with Crippen LogP contribution in [0.15, 0.2) is 48.7 Å². The molecule has 0 aliphatic heterocycles. The van der Waals surface area contributed by atoms with Crippen LogP contribution < -0.4 is 10.1 Å². The second-order valence-electron chi connectivity index (χ2n) is 5.99. The van der Waals surface area contributed by atoms with E-state index < -0.39 is 0 Å². The van der Waals surface area contributed by atoms with Crippen molar-refractivity contribution in [2.75, 3.05) is 13.2 Å². The van der Waals surface area contributed by atoms with Crippen molar-refractivity contribution in [3.8, 4) is 5.75 Å². The Hall–Kier alpha value is -2.75. The van der Waals surface area contributed by atoms with Crippen molar-refractivity contribution in [3.63, 3.8) is 0 Å². The topological polar surface area (TPSA) is 54.1 Å². The second-order valence-corrected chi connectivity index (χ2v) is 5.99. The van der Waals surface area contributed by atoms with Gasteiger partial charge in [-0.25, -0.2) is 0 Å². The molecule has 0 spiro atoms. The van der Waals surface area contributed by atoms with E-state index in [-0.39, 0.29) is 12.5 Å². The summed E-state index contributed by atoms with van der Waals surface area (Å²) in [6.07, 6.45) is 2.73. The van der Waals surface area contributed by atoms with E-state index in [2.05, 4.69) is 28.5 Å². The second kappa shape index (κ2) is 7.21. The fraction of sp³-hybridized carbons (Fsp3) is 0.250. The largest absolute Gasteiger partial charge is 0.483 e. The molecule has 3 aromatic rings. The Bertz CT molecular complexity index is 852. The average Bonchev–Trinajstić information content (AvgIpc) is 3.04. The van der Waals surface area contributed by atoms with Crippen LogP contribution >= 0.6 is 0 Å². The Labute approximate surface area is 141 Å². The number of H-pyrrole nitrogens is 1. The summed E-state index contributed by atoms with van der Waals surface area (Å²) in [6, 6.07) is 14.2. The van der Waals surface area contributed by atoms with Gasteiger partial charge in [-0.15, -0.1) is 0 Å². The number of hydrogen-bond acceptors (Lipinski definition) is 2. The lowest BCUT2D eigenvalue weighted by atomic mass is 10.1. The summed E-state index contributed by atoms with van der Waals surface area (Å²) in [5, 5.41) is 4.10. The van der Waals surface area contributed by atoms with Gasteiger partial charge in [0.25, 0.3) is 5.91 Å². The van der Waals surface area contributed by atoms with Gasteiger partial charge in [-0.3, -0.25) is 4.79 Å². The number of carbonyl (C=O) groups excluding carboxylic acids is 1. The zero-order valence-corrected chi connectivity index (χ0v) is 14.1. The number of aryl methyl sites for hydroxylation is 1. The normalized spacial score (nSPS) is 10.8. The van der Waals surface area contributed by atoms with Crippen molar-refractivity contribution in [1.82, 2.24) is 10.3 Å². The van der Waals surface area contributed by atoms with Gasteiger partial charge in [0.15, 0.2) is 6.61 Å². The van der Waals surface area contributed by atoms with Gasteiger partial charge in [0, 0.05) is 18.3 Å². The Kier molecular flexibility index (Phi) is 4.85. The summed E-state index contributed by atoms with van der Waals surface area (Å²) < 4.78 is 5.61. The van der Waals surface area contributed by atoms with Gasteiger partial charge < -0.3 is 15.0 Å². The van der Waals surface area contributed by atoms with Crippen molar-refractivity contribution in [2.45, 2.75) is 20.3 Å². The lowest BCUT2D eigenvalue weighted by Gasteiger charge is -2.11. The van der Waals surface area contributed by atoms with Gasteiger partial charge in [0.1, 0.15) is 5.75 Å². The highest BCUT2D eigenvalue weighted by atomic mass is 16.5. The van der Waals surface area contributed by atoms with Gasteiger partial charge in [-0.2, -0.15) is 0 Å². The first-order valence-corrected chi connectivity index (χ1v) is 8.15. The number of amides is 1. The van der Waals surface area contributed by atoms with E-state index in [4.69, 9.17) is 4.74 Å². The SMILES string of the molecule is Cc1cccc(OCC(=O)NCCc2ccc3cc[nH]c3c2)c1C. The van der Waals surface area contributed by atoms with E-state index in [0.29, 0.717) is 6.54 Å². The predicted molar refractivity (Wildman–Crippen MR) is 96.4 cm³/mol. The molecule has 0 unspecified atom stereocenters. The highest BCUT2D eigenvalue weighted by molar-refractivity contribution is 5.80. The van der Waals surface area contributed by atoms with Crippen molar-refractivity contribution >= 4 is 16.8 Å². The highest BCUT2D eigenvalue weighted by Crippen LogP contribution is 2.20. The number of ether oxygens (including phenoxy) is 1. The first-order valence-electron chi connectivity index (χ1n) is 8.15. The van der Waals surface area contributed by atoms with Crippen molar-refractivity contribution in [1.29, 1.82) is 0 Å². The maximum atomic E-state index is 11.9. The molecule has 4 nitrogen and oxygen atoms in total. The summed E-state index contributed by atoms with van der Waals surface area (Å²) in [7, 11) is 0. The van der Waals surface area contributed by atoms with Crippen LogP contribution in [-0.4, -0.2) is 24.0 Å². The first kappa shape index (κ1) is 16.1. The molecule has 2 N–H and O–H groups in total. The number of benzene rings is 2. The van der Waals surface area contributed by atoms with Crippen LogP contribution in [0.1, 0.15) is 16.7 Å². The molecular weight excluding hydrogens is 300 g/mol. The number of hydrogen-bond donors (Lipinski definition) is 2. The number of aromatic nitrogens is 1. The quantitative estimate of drug-likeness (QED) is 0.729. The van der Waals surface area contributed by atoms with Crippen LogP contribution in [0.25, 0.3) is 10.9 Å². The smallest absolute Gasteiger partial charge is 0.257 e. The third kappa shape index (κ3) is 3.77. The molecule has 0 radical (unpaired) electrons. The predicted octanol–water partition coefficient (Wildman–Crippen LogP) is 3.52. The van der Waals surface area contributed by atoms with Crippen LogP contribution in [-0.2, 0) is 11.2 Å². The molecule has 124 valence electrons. The third-order valence-electron chi connectivity index (χ3n) is 4.27. The molecule has 4 heteroatoms. The Morgan fingerprint density at radius 1 is 1.17 bits per heavy atom. The Morgan fingerprint density at radius 2 is 2.04 bits per heavy atom. The summed E-state index contributed by atoms with van der Waals surface area (Å²) in [6.45, 7) is 4.67. The molecule has 0 aliphatic carbocycles. The number of rotatable bonds is 6. The summed E-state index contributed by atoms with van der Waals surface area (Å²) in [5.41, 5.74) is 4.55. The fourth-order valence-corrected chi connectivity index (χ4v) is 2.67. The van der Waals surface area contributed by atoms with Crippen molar-refractivity contribution in [3.05, 3.63) is 65.4 Å². The third-order valence-corrected chi connectivity index (χ3v) is 4.27. The van der Waals surface area contributed by atoms with Gasteiger partial charge in [-0.1, -0.05) is 24.3 Å². The van der Waals surface area contributed by atoms with Gasteiger partial charge >= 0.3 is 0 Å². The minimum absolute atomic E-state index is 0.0416. The van der Waals surface area contributed by atoms with Crippen molar-refractivity contribution in [2.24, 2.45) is 0 Å². The summed E-state index contributed by atoms with van der Waals surface area (Å²) in [4.78, 5) is 15.1. The van der Waals surface area contributed by atoms with Crippen LogP contribution in [0.5, 0.6) is 5.75 Å². The standard InChI is InChI=1S/C20H22N2O2/c1-14-4-3-5-19(15(14)2)24-13-20(23)22-10-8-16-6-7-17-9-11-21-18(17)12-16/h3-7,9,11-12,21H,8,10,13H2,1-2H3,(H,22,23). The molecule has 2 aromatic carbocycles. The number of fused-ring (bicyclic) bond motifs is 1. The van der Waals surface area contributed by atoms with E-state index in [1.165, 1.54) is 10.9 Å². The van der Waals surface area contributed by atoms with E-state index in [9.17, 15) is 4.79 Å². The Balaban J connectivity index is 1.46. The molecule has 0 bridgehead atoms. The number of nitrogens with one attached hydrogen (secondary N) is 2. The maximum Gasteiger partial charge on any atom is 0.257 e. The zero-order valence-electron chi connectivity index (χ0n) is 14.1. The summed E-state index contributed by atoms with van der Waals surface area (Å²) in [5.74, 6) is 0.666. The summed E-state index contributed by atoms with van der Waals surface area (Å²) >= 11 is 0. The number of carbonyl (C=O) groups is 1. The van der Waals surface area contributed by atoms with E-state index in [1.54, 1.807) is 0 Å². The van der Waals surface area contributed by atoms with E-state index in [1.807, 2.05) is 44.3 Å². The van der Waals surface area contributed by atoms with Gasteiger partial charge in [-0.05, 0) is 60.5 Å². The molecule has 0 saturated heterocycles. The maximum absolute atomic E-state index is 11.9. The van der Waals surface area contributed by atoms with E-state index in [0.717, 1.165) is 28.8 Å². The lowest BCUT2D eigenvalue weighted by molar-refractivity contribution is -0.123. The van der Waals surface area contributed by atoms with Crippen LogP contribution in [0.4, 0.5) is 0 Å². The molecule has 3 rings (SSSR count). The lowest BCUT2D eigenvalue weighted by Crippen LogP contribution is -2.30. The molecule has 1 aromatic heterocycles. The molecule has 1 amide bonds. The number of aromatic amines is 1. The van der Waals surface area contributed by atoms with Crippen molar-refractivity contribution < 1.29 is 9.53 Å². The molecule has 0 atom stereocenters. The monoisotopic (exact) mass is 322 g/mol. The molecule has 0 saturated carbocycles. The highest BCUT2D eigenvalue weighted by Gasteiger charge is 2.06. The molecule has 1 heterocycles. The van der Waals surface area contributed by atoms with Crippen LogP contribution in [0.3, 0.4) is 0 Å². The molecule has 0 aliphatic rings. The Morgan fingerprint density at radius 3 is 2.92 bits per heavy atom. The average molecular weight is 322 g/mol.